The number of phenols is 1. The van der Waals surface area contributed by atoms with Gasteiger partial charge in [0.25, 0.3) is 0 Å². The molecule has 0 heterocycles. The van der Waals surface area contributed by atoms with Crippen molar-refractivity contribution in [3.05, 3.63) is 29.8 Å². The van der Waals surface area contributed by atoms with Crippen LogP contribution >= 0.6 is 0 Å². The Morgan fingerprint density at radius 3 is 2.18 bits per heavy atom. The van der Waals surface area contributed by atoms with E-state index in [1.807, 2.05) is 0 Å². The molecule has 2 amide bonds. The molecule has 0 saturated heterocycles. The standard InChI is InChI=1S/C15H22N2O5/c1-9(2)13(17-15(21)22)14(20)16-11(8-18)7-10-3-5-12(19)6-4-10/h3-6,9,11,13,17-19H,7-8H2,1-2H3,(H,16,20)(H,21,22)/t11?,13-/m0/s1. The molecule has 0 aliphatic heterocycles. The summed E-state index contributed by atoms with van der Waals surface area (Å²) in [6, 6.07) is 5.02. The van der Waals surface area contributed by atoms with Crippen LogP contribution in [0.1, 0.15) is 19.4 Å². The van der Waals surface area contributed by atoms with Crippen LogP contribution in [-0.4, -0.2) is 46.0 Å². The van der Waals surface area contributed by atoms with E-state index in [0.29, 0.717) is 6.42 Å². The molecule has 1 rings (SSSR count). The van der Waals surface area contributed by atoms with Crippen LogP contribution in [0.2, 0.25) is 0 Å². The van der Waals surface area contributed by atoms with Gasteiger partial charge in [0.05, 0.1) is 12.6 Å². The third kappa shape index (κ3) is 5.61. The molecule has 1 unspecified atom stereocenters. The number of carbonyl (C=O) groups is 2. The Morgan fingerprint density at radius 1 is 1.14 bits per heavy atom. The Balaban J connectivity index is 2.68. The van der Waals surface area contributed by atoms with Crippen LogP contribution in [0.15, 0.2) is 24.3 Å². The van der Waals surface area contributed by atoms with E-state index in [9.17, 15) is 19.8 Å². The second kappa shape index (κ2) is 8.23. The van der Waals surface area contributed by atoms with E-state index in [4.69, 9.17) is 5.11 Å². The Morgan fingerprint density at radius 2 is 1.73 bits per heavy atom. The molecule has 1 aromatic rings. The molecule has 0 aromatic heterocycles. The number of rotatable bonds is 7. The van der Waals surface area contributed by atoms with Gasteiger partial charge >= 0.3 is 6.09 Å². The number of aliphatic hydroxyl groups is 1. The molecule has 0 fully saturated rings. The quantitative estimate of drug-likeness (QED) is 0.508. The van der Waals surface area contributed by atoms with Gasteiger partial charge in [0, 0.05) is 0 Å². The fourth-order valence-corrected chi connectivity index (χ4v) is 2.04. The lowest BCUT2D eigenvalue weighted by Crippen LogP contribution is -2.53. The first-order chi connectivity index (χ1) is 10.3. The molecule has 0 saturated carbocycles. The van der Waals surface area contributed by atoms with E-state index in [1.165, 1.54) is 12.1 Å². The number of aromatic hydroxyl groups is 1. The van der Waals surface area contributed by atoms with Crippen molar-refractivity contribution >= 4 is 12.0 Å². The Bertz CT molecular complexity index is 501. The van der Waals surface area contributed by atoms with Crippen LogP contribution in [0.25, 0.3) is 0 Å². The molecule has 0 aliphatic carbocycles. The highest BCUT2D eigenvalue weighted by molar-refractivity contribution is 5.85. The van der Waals surface area contributed by atoms with Crippen molar-refractivity contribution in [3.8, 4) is 5.75 Å². The lowest BCUT2D eigenvalue weighted by Gasteiger charge is -2.23. The minimum atomic E-state index is -1.27. The van der Waals surface area contributed by atoms with Gasteiger partial charge in [0.2, 0.25) is 5.91 Å². The number of carbonyl (C=O) groups excluding carboxylic acids is 1. The monoisotopic (exact) mass is 310 g/mol. The maximum absolute atomic E-state index is 12.1. The van der Waals surface area contributed by atoms with Crippen molar-refractivity contribution < 1.29 is 24.9 Å². The average Bonchev–Trinajstić information content (AvgIpc) is 2.45. The molecule has 0 spiro atoms. The highest BCUT2D eigenvalue weighted by atomic mass is 16.4. The zero-order chi connectivity index (χ0) is 16.7. The number of amides is 2. The number of hydrogen-bond acceptors (Lipinski definition) is 4. The number of phenolic OH excluding ortho intramolecular Hbond substituents is 1. The largest absolute Gasteiger partial charge is 0.508 e. The molecule has 122 valence electrons. The molecular formula is C15H22N2O5. The van der Waals surface area contributed by atoms with Crippen LogP contribution < -0.4 is 10.6 Å². The molecule has 5 N–H and O–H groups in total. The molecular weight excluding hydrogens is 288 g/mol. The van der Waals surface area contributed by atoms with Crippen molar-refractivity contribution in [1.29, 1.82) is 0 Å². The van der Waals surface area contributed by atoms with Crippen molar-refractivity contribution in [2.24, 2.45) is 5.92 Å². The first kappa shape index (κ1) is 17.8. The maximum Gasteiger partial charge on any atom is 0.405 e. The summed E-state index contributed by atoms with van der Waals surface area (Å²) >= 11 is 0. The van der Waals surface area contributed by atoms with Gasteiger partial charge < -0.3 is 26.0 Å². The predicted molar refractivity (Wildman–Crippen MR) is 80.6 cm³/mol. The molecule has 7 heteroatoms. The van der Waals surface area contributed by atoms with Gasteiger partial charge in [-0.1, -0.05) is 26.0 Å². The van der Waals surface area contributed by atoms with Crippen LogP contribution in [0.4, 0.5) is 4.79 Å². The van der Waals surface area contributed by atoms with Gasteiger partial charge in [0.1, 0.15) is 11.8 Å². The van der Waals surface area contributed by atoms with Crippen molar-refractivity contribution in [1.82, 2.24) is 10.6 Å². The van der Waals surface area contributed by atoms with Crippen molar-refractivity contribution in [2.45, 2.75) is 32.4 Å². The summed E-state index contributed by atoms with van der Waals surface area (Å²) in [7, 11) is 0. The lowest BCUT2D eigenvalue weighted by atomic mass is 10.0. The Kier molecular flexibility index (Phi) is 6.65. The van der Waals surface area contributed by atoms with Crippen molar-refractivity contribution in [3.63, 3.8) is 0 Å². The fraction of sp³-hybridized carbons (Fsp3) is 0.467. The first-order valence-electron chi connectivity index (χ1n) is 7.02. The van der Waals surface area contributed by atoms with Gasteiger partial charge in [-0.2, -0.15) is 0 Å². The fourth-order valence-electron chi connectivity index (χ4n) is 2.04. The van der Waals surface area contributed by atoms with Gasteiger partial charge in [-0.05, 0) is 30.0 Å². The molecule has 1 aromatic carbocycles. The van der Waals surface area contributed by atoms with E-state index >= 15 is 0 Å². The second-order valence-electron chi connectivity index (χ2n) is 5.43. The highest BCUT2D eigenvalue weighted by Gasteiger charge is 2.25. The Labute approximate surface area is 129 Å². The van der Waals surface area contributed by atoms with Crippen LogP contribution in [-0.2, 0) is 11.2 Å². The van der Waals surface area contributed by atoms with Gasteiger partial charge in [-0.15, -0.1) is 0 Å². The molecule has 22 heavy (non-hydrogen) atoms. The molecule has 7 nitrogen and oxygen atoms in total. The van der Waals surface area contributed by atoms with E-state index in [2.05, 4.69) is 10.6 Å². The summed E-state index contributed by atoms with van der Waals surface area (Å²) < 4.78 is 0. The van der Waals surface area contributed by atoms with Gasteiger partial charge in [-0.25, -0.2) is 4.79 Å². The second-order valence-corrected chi connectivity index (χ2v) is 5.43. The number of aliphatic hydroxyl groups excluding tert-OH is 1. The summed E-state index contributed by atoms with van der Waals surface area (Å²) in [6.07, 6.45) is -0.895. The van der Waals surface area contributed by atoms with E-state index in [0.717, 1.165) is 5.56 Å². The Hall–Kier alpha value is -2.28. The minimum absolute atomic E-state index is 0.138. The molecule has 0 aliphatic rings. The zero-order valence-electron chi connectivity index (χ0n) is 12.6. The minimum Gasteiger partial charge on any atom is -0.508 e. The summed E-state index contributed by atoms with van der Waals surface area (Å²) in [6.45, 7) is 3.19. The topological polar surface area (TPSA) is 119 Å². The summed E-state index contributed by atoms with van der Waals surface area (Å²) in [5.74, 6) is -0.557. The third-order valence-corrected chi connectivity index (χ3v) is 3.21. The summed E-state index contributed by atoms with van der Waals surface area (Å²) in [5.41, 5.74) is 0.837. The molecule has 2 atom stereocenters. The van der Waals surface area contributed by atoms with Crippen LogP contribution in [0.3, 0.4) is 0 Å². The molecule has 0 radical (unpaired) electrons. The lowest BCUT2D eigenvalue weighted by molar-refractivity contribution is -0.125. The SMILES string of the molecule is CC(C)[C@H](NC(=O)O)C(=O)NC(CO)Cc1ccc(O)cc1. The zero-order valence-corrected chi connectivity index (χ0v) is 12.6. The normalized spacial score (nSPS) is 13.5. The number of benzene rings is 1. The van der Waals surface area contributed by atoms with E-state index in [-0.39, 0.29) is 18.3 Å². The van der Waals surface area contributed by atoms with Crippen molar-refractivity contribution in [2.75, 3.05) is 6.61 Å². The van der Waals surface area contributed by atoms with Gasteiger partial charge in [0.15, 0.2) is 0 Å². The van der Waals surface area contributed by atoms with Crippen LogP contribution in [0.5, 0.6) is 5.75 Å². The smallest absolute Gasteiger partial charge is 0.405 e. The number of hydrogen-bond donors (Lipinski definition) is 5. The average molecular weight is 310 g/mol. The summed E-state index contributed by atoms with van der Waals surface area (Å²) in [5, 5.41) is 32.2. The maximum atomic E-state index is 12.1. The predicted octanol–water partition coefficient (Wildman–Crippen LogP) is 0.704. The highest BCUT2D eigenvalue weighted by Crippen LogP contribution is 2.11. The first-order valence-corrected chi connectivity index (χ1v) is 7.02. The summed E-state index contributed by atoms with van der Waals surface area (Å²) in [4.78, 5) is 22.9. The number of nitrogens with one attached hydrogen (secondary N) is 2. The van der Waals surface area contributed by atoms with E-state index < -0.39 is 24.1 Å². The van der Waals surface area contributed by atoms with E-state index in [1.54, 1.807) is 26.0 Å². The third-order valence-electron chi connectivity index (χ3n) is 3.21. The van der Waals surface area contributed by atoms with Gasteiger partial charge in [-0.3, -0.25) is 4.79 Å². The molecule has 0 bridgehead atoms. The van der Waals surface area contributed by atoms with Crippen LogP contribution in [0, 0.1) is 5.92 Å². The number of carboxylic acid groups (broad SMARTS) is 1.